The van der Waals surface area contributed by atoms with Gasteiger partial charge >= 0.3 is 0 Å². The van der Waals surface area contributed by atoms with E-state index < -0.39 is 0 Å². The molecular formula is C15H33IN4. The van der Waals surface area contributed by atoms with Gasteiger partial charge in [0.1, 0.15) is 0 Å². The van der Waals surface area contributed by atoms with Crippen molar-refractivity contribution in [3.05, 3.63) is 0 Å². The zero-order valence-corrected chi connectivity index (χ0v) is 15.9. The molecule has 0 radical (unpaired) electrons. The number of nitrogens with zero attached hydrogens (tertiary/aromatic N) is 2. The summed E-state index contributed by atoms with van der Waals surface area (Å²) in [4.78, 5) is 6.87. The van der Waals surface area contributed by atoms with Crippen LogP contribution in [-0.2, 0) is 0 Å². The van der Waals surface area contributed by atoms with Crippen molar-refractivity contribution < 1.29 is 0 Å². The van der Waals surface area contributed by atoms with Gasteiger partial charge in [0, 0.05) is 32.7 Å². The molecule has 0 saturated carbocycles. The third kappa shape index (κ3) is 7.67. The number of rotatable bonds is 6. The van der Waals surface area contributed by atoms with E-state index in [-0.39, 0.29) is 24.0 Å². The summed E-state index contributed by atoms with van der Waals surface area (Å²) in [6, 6.07) is 0.671. The van der Waals surface area contributed by atoms with Crippen molar-refractivity contribution >= 4 is 29.9 Å². The van der Waals surface area contributed by atoms with Crippen LogP contribution in [0.1, 0.15) is 46.5 Å². The lowest BCUT2D eigenvalue weighted by Gasteiger charge is -2.35. The monoisotopic (exact) mass is 396 g/mol. The van der Waals surface area contributed by atoms with Crippen LogP contribution >= 0.6 is 24.0 Å². The zero-order chi connectivity index (χ0) is 14.1. The summed E-state index contributed by atoms with van der Waals surface area (Å²) in [5.41, 5.74) is 0. The number of halogens is 1. The maximum atomic E-state index is 4.28. The Kier molecular flexibility index (Phi) is 11.6. The Hall–Kier alpha value is -0.0400. The number of aliphatic imine (C=N–C) groups is 1. The van der Waals surface area contributed by atoms with E-state index in [9.17, 15) is 0 Å². The van der Waals surface area contributed by atoms with Gasteiger partial charge in [-0.3, -0.25) is 4.99 Å². The zero-order valence-electron chi connectivity index (χ0n) is 13.6. The molecule has 1 aliphatic heterocycles. The lowest BCUT2D eigenvalue weighted by Crippen LogP contribution is -2.46. The first-order valence-corrected chi connectivity index (χ1v) is 7.86. The molecule has 1 unspecified atom stereocenters. The minimum Gasteiger partial charge on any atom is -0.356 e. The van der Waals surface area contributed by atoms with Crippen molar-refractivity contribution in [1.29, 1.82) is 0 Å². The van der Waals surface area contributed by atoms with Gasteiger partial charge in [-0.15, -0.1) is 24.0 Å². The lowest BCUT2D eigenvalue weighted by molar-refractivity contribution is 0.141. The van der Waals surface area contributed by atoms with Gasteiger partial charge in [0.25, 0.3) is 0 Å². The second-order valence-electron chi connectivity index (χ2n) is 5.83. The van der Waals surface area contributed by atoms with Crippen LogP contribution in [0.25, 0.3) is 0 Å². The second-order valence-corrected chi connectivity index (χ2v) is 5.83. The van der Waals surface area contributed by atoms with Crippen molar-refractivity contribution in [2.45, 2.75) is 52.5 Å². The van der Waals surface area contributed by atoms with E-state index in [0.717, 1.165) is 25.0 Å². The largest absolute Gasteiger partial charge is 0.356 e. The number of piperidine rings is 1. The van der Waals surface area contributed by atoms with Crippen LogP contribution in [0.4, 0.5) is 0 Å². The van der Waals surface area contributed by atoms with Crippen LogP contribution in [0.2, 0.25) is 0 Å². The summed E-state index contributed by atoms with van der Waals surface area (Å²) in [5.74, 6) is 1.70. The molecule has 5 heteroatoms. The summed E-state index contributed by atoms with van der Waals surface area (Å²) in [6.07, 6.45) is 5.08. The maximum Gasteiger partial charge on any atom is 0.190 e. The molecule has 0 aromatic heterocycles. The number of hydrogen-bond acceptors (Lipinski definition) is 2. The number of hydrogen-bond donors (Lipinski definition) is 2. The number of unbranched alkanes of at least 4 members (excludes halogenated alkanes) is 1. The smallest absolute Gasteiger partial charge is 0.190 e. The van der Waals surface area contributed by atoms with Crippen LogP contribution in [0, 0.1) is 5.92 Å². The molecule has 1 atom stereocenters. The Morgan fingerprint density at radius 2 is 2.10 bits per heavy atom. The Morgan fingerprint density at radius 1 is 1.35 bits per heavy atom. The van der Waals surface area contributed by atoms with Crippen molar-refractivity contribution in [2.75, 3.05) is 33.2 Å². The standard InChI is InChI=1S/C15H32N4.HI/c1-5-6-9-17-15(16-4)18-11-14-8-7-10-19(12-14)13(2)3;/h13-14H,5-12H2,1-4H3,(H2,16,17,18);1H. The molecule has 0 spiro atoms. The molecule has 1 heterocycles. The molecule has 1 aliphatic rings. The van der Waals surface area contributed by atoms with Crippen molar-refractivity contribution in [1.82, 2.24) is 15.5 Å². The van der Waals surface area contributed by atoms with Gasteiger partial charge in [-0.25, -0.2) is 0 Å². The van der Waals surface area contributed by atoms with Crippen LogP contribution in [0.5, 0.6) is 0 Å². The normalized spacial score (nSPS) is 20.6. The fraction of sp³-hybridized carbons (Fsp3) is 0.933. The molecule has 2 N–H and O–H groups in total. The quantitative estimate of drug-likeness (QED) is 0.314. The van der Waals surface area contributed by atoms with Crippen LogP contribution < -0.4 is 10.6 Å². The average Bonchev–Trinajstić information content (AvgIpc) is 2.43. The van der Waals surface area contributed by atoms with E-state index in [0.29, 0.717) is 6.04 Å². The molecule has 0 aliphatic carbocycles. The van der Waals surface area contributed by atoms with Gasteiger partial charge in [-0.1, -0.05) is 13.3 Å². The van der Waals surface area contributed by atoms with Crippen LogP contribution in [0.15, 0.2) is 4.99 Å². The Labute approximate surface area is 142 Å². The Morgan fingerprint density at radius 3 is 2.70 bits per heavy atom. The highest BCUT2D eigenvalue weighted by atomic mass is 127. The predicted molar refractivity (Wildman–Crippen MR) is 99.1 cm³/mol. The number of likely N-dealkylation sites (tertiary alicyclic amines) is 1. The Bertz CT molecular complexity index is 269. The van der Waals surface area contributed by atoms with E-state index in [2.05, 4.69) is 41.3 Å². The second kappa shape index (κ2) is 11.6. The maximum absolute atomic E-state index is 4.28. The molecule has 4 nitrogen and oxygen atoms in total. The van der Waals surface area contributed by atoms with E-state index in [1.807, 2.05) is 7.05 Å². The van der Waals surface area contributed by atoms with E-state index in [1.165, 1.54) is 38.8 Å². The van der Waals surface area contributed by atoms with E-state index >= 15 is 0 Å². The highest BCUT2D eigenvalue weighted by Gasteiger charge is 2.21. The molecule has 0 amide bonds. The lowest BCUT2D eigenvalue weighted by atomic mass is 9.97. The SMILES string of the molecule is CCCCNC(=NC)NCC1CCCN(C(C)C)C1.I. The van der Waals surface area contributed by atoms with E-state index in [4.69, 9.17) is 0 Å². The van der Waals surface area contributed by atoms with Gasteiger partial charge in [-0.2, -0.15) is 0 Å². The average molecular weight is 396 g/mol. The topological polar surface area (TPSA) is 39.7 Å². The minimum atomic E-state index is 0. The molecule has 120 valence electrons. The van der Waals surface area contributed by atoms with Gasteiger partial charge < -0.3 is 15.5 Å². The first-order chi connectivity index (χ1) is 9.17. The van der Waals surface area contributed by atoms with E-state index in [1.54, 1.807) is 0 Å². The molecule has 0 bridgehead atoms. The number of nitrogens with one attached hydrogen (secondary N) is 2. The van der Waals surface area contributed by atoms with Crippen LogP contribution in [-0.4, -0.2) is 50.1 Å². The van der Waals surface area contributed by atoms with Gasteiger partial charge in [0.15, 0.2) is 5.96 Å². The van der Waals surface area contributed by atoms with Gasteiger partial charge in [0.2, 0.25) is 0 Å². The first kappa shape index (κ1) is 20.0. The molecule has 20 heavy (non-hydrogen) atoms. The highest BCUT2D eigenvalue weighted by molar-refractivity contribution is 14.0. The van der Waals surface area contributed by atoms with Crippen molar-refractivity contribution in [2.24, 2.45) is 10.9 Å². The summed E-state index contributed by atoms with van der Waals surface area (Å²) in [5, 5.41) is 6.84. The van der Waals surface area contributed by atoms with Crippen molar-refractivity contribution in [3.8, 4) is 0 Å². The molecule has 0 aromatic rings. The fourth-order valence-corrected chi connectivity index (χ4v) is 2.58. The molecule has 1 rings (SSSR count). The van der Waals surface area contributed by atoms with Gasteiger partial charge in [-0.05, 0) is 45.6 Å². The first-order valence-electron chi connectivity index (χ1n) is 7.86. The molecule has 1 saturated heterocycles. The predicted octanol–water partition coefficient (Wildman–Crippen LogP) is 2.69. The number of guanidine groups is 1. The summed E-state index contributed by atoms with van der Waals surface area (Å²) in [7, 11) is 1.85. The molecule has 0 aromatic carbocycles. The third-order valence-electron chi connectivity index (χ3n) is 3.89. The summed E-state index contributed by atoms with van der Waals surface area (Å²) < 4.78 is 0. The summed E-state index contributed by atoms with van der Waals surface area (Å²) in [6.45, 7) is 11.3. The van der Waals surface area contributed by atoms with Crippen LogP contribution in [0.3, 0.4) is 0 Å². The molecule has 1 fully saturated rings. The van der Waals surface area contributed by atoms with Gasteiger partial charge in [0.05, 0.1) is 0 Å². The highest BCUT2D eigenvalue weighted by Crippen LogP contribution is 2.17. The third-order valence-corrected chi connectivity index (χ3v) is 3.89. The van der Waals surface area contributed by atoms with Crippen molar-refractivity contribution in [3.63, 3.8) is 0 Å². The Balaban J connectivity index is 0.00000361. The fourth-order valence-electron chi connectivity index (χ4n) is 2.58. The summed E-state index contributed by atoms with van der Waals surface area (Å²) >= 11 is 0. The minimum absolute atomic E-state index is 0. The molecular weight excluding hydrogens is 363 g/mol.